The van der Waals surface area contributed by atoms with E-state index in [0.717, 1.165) is 5.56 Å². The van der Waals surface area contributed by atoms with E-state index in [1.807, 2.05) is 6.92 Å². The first-order valence-corrected chi connectivity index (χ1v) is 6.81. The van der Waals surface area contributed by atoms with E-state index in [1.54, 1.807) is 18.2 Å². The highest BCUT2D eigenvalue weighted by molar-refractivity contribution is 6.31. The minimum absolute atomic E-state index is 0.0529. The van der Waals surface area contributed by atoms with E-state index in [4.69, 9.17) is 33.7 Å². The molecule has 0 aliphatic heterocycles. The molecule has 0 saturated carbocycles. The third kappa shape index (κ3) is 3.64. The van der Waals surface area contributed by atoms with Gasteiger partial charge in [-0.2, -0.15) is 0 Å². The Morgan fingerprint density at radius 3 is 2.52 bits per heavy atom. The van der Waals surface area contributed by atoms with E-state index in [-0.39, 0.29) is 17.5 Å². The Bertz CT molecular complexity index is 690. The summed E-state index contributed by atoms with van der Waals surface area (Å²) in [5, 5.41) is 11.8. The molecule has 2 N–H and O–H groups in total. The highest BCUT2D eigenvalue weighted by atomic mass is 35.5. The largest absolute Gasteiger partial charge is 0.450 e. The van der Waals surface area contributed by atoms with Crippen molar-refractivity contribution >= 4 is 28.9 Å². The van der Waals surface area contributed by atoms with Gasteiger partial charge in [0, 0.05) is 28.2 Å². The quantitative estimate of drug-likeness (QED) is 0.651. The van der Waals surface area contributed by atoms with Crippen molar-refractivity contribution in [2.75, 3.05) is 0 Å². The van der Waals surface area contributed by atoms with Gasteiger partial charge in [-0.25, -0.2) is 0 Å². The number of rotatable bonds is 4. The molecule has 2 rings (SSSR count). The second-order valence-electron chi connectivity index (χ2n) is 4.44. The number of ether oxygens (including phenoxy) is 1. The number of benzene rings is 2. The Labute approximate surface area is 131 Å². The molecule has 110 valence electrons. The minimum Gasteiger partial charge on any atom is -0.450 e. The SMILES string of the molecule is CC(N)c1ccc(Oc2cc(Cl)ccc2[N+](=O)[O-])cc1Cl. The van der Waals surface area contributed by atoms with Crippen molar-refractivity contribution in [3.8, 4) is 11.5 Å². The van der Waals surface area contributed by atoms with E-state index in [2.05, 4.69) is 0 Å². The Morgan fingerprint density at radius 2 is 1.95 bits per heavy atom. The van der Waals surface area contributed by atoms with Crippen LogP contribution >= 0.6 is 23.2 Å². The van der Waals surface area contributed by atoms with Crippen LogP contribution in [-0.2, 0) is 0 Å². The third-order valence-electron chi connectivity index (χ3n) is 2.81. The van der Waals surface area contributed by atoms with Gasteiger partial charge in [0.1, 0.15) is 5.75 Å². The molecule has 0 aliphatic rings. The van der Waals surface area contributed by atoms with Crippen molar-refractivity contribution in [3.05, 3.63) is 62.1 Å². The lowest BCUT2D eigenvalue weighted by Gasteiger charge is -2.11. The number of hydrogen-bond acceptors (Lipinski definition) is 4. The number of nitro benzene ring substituents is 1. The van der Waals surface area contributed by atoms with Gasteiger partial charge in [0.2, 0.25) is 5.75 Å². The Balaban J connectivity index is 2.36. The third-order valence-corrected chi connectivity index (χ3v) is 3.37. The van der Waals surface area contributed by atoms with Crippen LogP contribution in [0.1, 0.15) is 18.5 Å². The Morgan fingerprint density at radius 1 is 1.24 bits per heavy atom. The van der Waals surface area contributed by atoms with E-state index >= 15 is 0 Å². The number of nitrogens with zero attached hydrogens (tertiary/aromatic N) is 1. The summed E-state index contributed by atoms with van der Waals surface area (Å²) >= 11 is 11.9. The van der Waals surface area contributed by atoms with Gasteiger partial charge in [-0.3, -0.25) is 10.1 Å². The minimum atomic E-state index is -0.538. The van der Waals surface area contributed by atoms with Crippen molar-refractivity contribution in [2.45, 2.75) is 13.0 Å². The summed E-state index contributed by atoms with van der Waals surface area (Å²) in [7, 11) is 0. The molecular formula is C14H12Cl2N2O3. The molecule has 0 spiro atoms. The van der Waals surface area contributed by atoms with Gasteiger partial charge in [0.05, 0.1) is 4.92 Å². The predicted octanol–water partition coefficient (Wildman–Crippen LogP) is 4.71. The summed E-state index contributed by atoms with van der Waals surface area (Å²) in [4.78, 5) is 10.4. The van der Waals surface area contributed by atoms with Crippen molar-refractivity contribution in [1.29, 1.82) is 0 Å². The van der Waals surface area contributed by atoms with E-state index in [9.17, 15) is 10.1 Å². The van der Waals surface area contributed by atoms with Gasteiger partial charge >= 0.3 is 5.69 Å². The fourth-order valence-electron chi connectivity index (χ4n) is 1.79. The number of halogens is 2. The molecule has 0 aliphatic carbocycles. The van der Waals surface area contributed by atoms with Crippen molar-refractivity contribution in [2.24, 2.45) is 5.73 Å². The van der Waals surface area contributed by atoms with Crippen LogP contribution < -0.4 is 10.5 Å². The number of hydrogen-bond donors (Lipinski definition) is 1. The molecule has 0 fully saturated rings. The predicted molar refractivity (Wildman–Crippen MR) is 82.2 cm³/mol. The van der Waals surface area contributed by atoms with Crippen LogP contribution in [0.4, 0.5) is 5.69 Å². The van der Waals surface area contributed by atoms with E-state index < -0.39 is 4.92 Å². The van der Waals surface area contributed by atoms with Crippen LogP contribution in [-0.4, -0.2) is 4.92 Å². The normalized spacial score (nSPS) is 12.0. The van der Waals surface area contributed by atoms with Gasteiger partial charge in [0.15, 0.2) is 0 Å². The highest BCUT2D eigenvalue weighted by Gasteiger charge is 2.17. The zero-order chi connectivity index (χ0) is 15.6. The molecule has 0 amide bonds. The molecule has 0 bridgehead atoms. The van der Waals surface area contributed by atoms with Gasteiger partial charge in [0.25, 0.3) is 0 Å². The summed E-state index contributed by atoms with van der Waals surface area (Å²) in [6.45, 7) is 1.81. The average molecular weight is 327 g/mol. The zero-order valence-corrected chi connectivity index (χ0v) is 12.6. The maximum Gasteiger partial charge on any atom is 0.311 e. The maximum atomic E-state index is 11.0. The summed E-state index contributed by atoms with van der Waals surface area (Å²) < 4.78 is 5.52. The lowest BCUT2D eigenvalue weighted by atomic mass is 10.1. The zero-order valence-electron chi connectivity index (χ0n) is 11.0. The van der Waals surface area contributed by atoms with Crippen LogP contribution in [0.3, 0.4) is 0 Å². The molecule has 1 unspecified atom stereocenters. The van der Waals surface area contributed by atoms with Crippen LogP contribution in [0.5, 0.6) is 11.5 Å². The van der Waals surface area contributed by atoms with Crippen LogP contribution in [0.15, 0.2) is 36.4 Å². The summed E-state index contributed by atoms with van der Waals surface area (Å²) in [6.07, 6.45) is 0. The topological polar surface area (TPSA) is 78.4 Å². The van der Waals surface area contributed by atoms with Gasteiger partial charge in [-0.1, -0.05) is 29.3 Å². The average Bonchev–Trinajstić information content (AvgIpc) is 2.37. The molecule has 0 radical (unpaired) electrons. The second-order valence-corrected chi connectivity index (χ2v) is 5.29. The monoisotopic (exact) mass is 326 g/mol. The molecule has 1 atom stereocenters. The number of nitrogens with two attached hydrogens (primary N) is 1. The first kappa shape index (κ1) is 15.6. The van der Waals surface area contributed by atoms with Crippen LogP contribution in [0.25, 0.3) is 0 Å². The van der Waals surface area contributed by atoms with Crippen molar-refractivity contribution in [1.82, 2.24) is 0 Å². The summed E-state index contributed by atoms with van der Waals surface area (Å²) in [5.41, 5.74) is 6.36. The first-order chi connectivity index (χ1) is 9.88. The molecule has 0 heterocycles. The lowest BCUT2D eigenvalue weighted by molar-refractivity contribution is -0.385. The highest BCUT2D eigenvalue weighted by Crippen LogP contribution is 2.35. The lowest BCUT2D eigenvalue weighted by Crippen LogP contribution is -2.05. The van der Waals surface area contributed by atoms with Gasteiger partial charge in [-0.15, -0.1) is 0 Å². The summed E-state index contributed by atoms with van der Waals surface area (Å²) in [6, 6.07) is 8.81. The molecule has 5 nitrogen and oxygen atoms in total. The number of nitro groups is 1. The molecular weight excluding hydrogens is 315 g/mol. The Hall–Kier alpha value is -1.82. The maximum absolute atomic E-state index is 11.0. The van der Waals surface area contributed by atoms with E-state index in [0.29, 0.717) is 15.8 Å². The van der Waals surface area contributed by atoms with Crippen LogP contribution in [0, 0.1) is 10.1 Å². The van der Waals surface area contributed by atoms with Crippen molar-refractivity contribution < 1.29 is 9.66 Å². The first-order valence-electron chi connectivity index (χ1n) is 6.05. The molecule has 2 aromatic rings. The molecule has 0 aromatic heterocycles. The van der Waals surface area contributed by atoms with Crippen LogP contribution in [0.2, 0.25) is 10.0 Å². The summed E-state index contributed by atoms with van der Waals surface area (Å²) in [5.74, 6) is 0.423. The smallest absolute Gasteiger partial charge is 0.311 e. The Kier molecular flexibility index (Phi) is 4.67. The standard InChI is InChI=1S/C14H12Cl2N2O3/c1-8(17)11-4-3-10(7-12(11)16)21-14-6-9(15)2-5-13(14)18(19)20/h2-8H,17H2,1H3. The molecule has 21 heavy (non-hydrogen) atoms. The molecule has 7 heteroatoms. The molecule has 0 saturated heterocycles. The fraction of sp³-hybridized carbons (Fsp3) is 0.143. The van der Waals surface area contributed by atoms with E-state index in [1.165, 1.54) is 18.2 Å². The van der Waals surface area contributed by atoms with Crippen molar-refractivity contribution in [3.63, 3.8) is 0 Å². The van der Waals surface area contributed by atoms with Gasteiger partial charge < -0.3 is 10.5 Å². The van der Waals surface area contributed by atoms with Gasteiger partial charge in [-0.05, 0) is 30.7 Å². The second kappa shape index (κ2) is 6.30. The molecule has 2 aromatic carbocycles. The fourth-order valence-corrected chi connectivity index (χ4v) is 2.29.